The molecule has 170 valence electrons. The molecular formula is C24H36F3NO2. The summed E-state index contributed by atoms with van der Waals surface area (Å²) in [6, 6.07) is 5.65. The van der Waals surface area contributed by atoms with Gasteiger partial charge in [0.15, 0.2) is 0 Å². The fraction of sp³-hybridized carbons (Fsp3) is 0.708. The lowest BCUT2D eigenvalue weighted by atomic mass is 9.77. The second kappa shape index (κ2) is 11.2. The molecule has 0 spiro atoms. The molecule has 1 aliphatic rings. The van der Waals surface area contributed by atoms with Gasteiger partial charge in [0.25, 0.3) is 0 Å². The van der Waals surface area contributed by atoms with E-state index >= 15 is 0 Å². The zero-order chi connectivity index (χ0) is 22.3. The molecule has 30 heavy (non-hydrogen) atoms. The van der Waals surface area contributed by atoms with E-state index in [0.29, 0.717) is 12.3 Å². The molecular weight excluding hydrogens is 391 g/mol. The van der Waals surface area contributed by atoms with E-state index < -0.39 is 11.7 Å². The first-order valence-corrected chi connectivity index (χ1v) is 11.2. The van der Waals surface area contributed by atoms with Crippen molar-refractivity contribution in [3.05, 3.63) is 35.4 Å². The van der Waals surface area contributed by atoms with E-state index in [1.165, 1.54) is 0 Å². The lowest BCUT2D eigenvalue weighted by Crippen LogP contribution is -2.39. The Morgan fingerprint density at radius 3 is 2.30 bits per heavy atom. The quantitative estimate of drug-likeness (QED) is 0.389. The third-order valence-corrected chi connectivity index (χ3v) is 5.83. The molecule has 0 aliphatic heterocycles. The lowest BCUT2D eigenvalue weighted by molar-refractivity contribution is -0.148. The molecule has 0 unspecified atom stereocenters. The van der Waals surface area contributed by atoms with Crippen molar-refractivity contribution >= 4 is 5.97 Å². The number of hydrogen-bond acceptors (Lipinski definition) is 3. The summed E-state index contributed by atoms with van der Waals surface area (Å²) < 4.78 is 44.5. The first kappa shape index (κ1) is 24.7. The van der Waals surface area contributed by atoms with Crippen molar-refractivity contribution in [2.75, 3.05) is 6.54 Å². The highest BCUT2D eigenvalue weighted by atomic mass is 19.4. The summed E-state index contributed by atoms with van der Waals surface area (Å²) in [6.45, 7) is 8.87. The van der Waals surface area contributed by atoms with Gasteiger partial charge in [-0.25, -0.2) is 0 Å². The van der Waals surface area contributed by atoms with Crippen LogP contribution >= 0.6 is 0 Å². The minimum Gasteiger partial charge on any atom is -0.463 e. The van der Waals surface area contributed by atoms with E-state index in [0.717, 1.165) is 56.3 Å². The van der Waals surface area contributed by atoms with Crippen LogP contribution in [0, 0.1) is 11.8 Å². The highest BCUT2D eigenvalue weighted by Crippen LogP contribution is 2.40. The van der Waals surface area contributed by atoms with Crippen LogP contribution < -0.4 is 5.32 Å². The molecule has 3 nitrogen and oxygen atoms in total. The molecule has 6 heteroatoms. The van der Waals surface area contributed by atoms with Crippen LogP contribution in [0.1, 0.15) is 83.3 Å². The molecule has 0 aromatic heterocycles. The van der Waals surface area contributed by atoms with Gasteiger partial charge in [-0.1, -0.05) is 38.8 Å². The largest absolute Gasteiger partial charge is 0.463 e. The van der Waals surface area contributed by atoms with Gasteiger partial charge in [-0.2, -0.15) is 13.2 Å². The zero-order valence-electron chi connectivity index (χ0n) is 18.6. The van der Waals surface area contributed by atoms with Crippen LogP contribution in [0.5, 0.6) is 0 Å². The Kier molecular flexibility index (Phi) is 9.20. The van der Waals surface area contributed by atoms with E-state index in [2.05, 4.69) is 19.2 Å². The van der Waals surface area contributed by atoms with E-state index in [1.54, 1.807) is 12.1 Å². The van der Waals surface area contributed by atoms with E-state index in [9.17, 15) is 18.0 Å². The SMILES string of the molecule is CC(C)CCN[C@H]1CCCC[C@H](CC(=O)OC(C)C)[C@H]1c1ccc(C(F)(F)F)cc1. The number of carbonyl (C=O) groups is 1. The molecule has 2 rings (SSSR count). The fourth-order valence-corrected chi connectivity index (χ4v) is 4.40. The molecule has 1 fully saturated rings. The summed E-state index contributed by atoms with van der Waals surface area (Å²) in [7, 11) is 0. The number of halogens is 3. The first-order chi connectivity index (χ1) is 14.1. The van der Waals surface area contributed by atoms with Crippen molar-refractivity contribution in [3.8, 4) is 0 Å². The van der Waals surface area contributed by atoms with Crippen molar-refractivity contribution in [2.24, 2.45) is 11.8 Å². The van der Waals surface area contributed by atoms with E-state index in [4.69, 9.17) is 4.74 Å². The van der Waals surface area contributed by atoms with Crippen molar-refractivity contribution in [2.45, 2.75) is 90.5 Å². The summed E-state index contributed by atoms with van der Waals surface area (Å²) in [5.74, 6) is 0.382. The predicted molar refractivity (Wildman–Crippen MR) is 113 cm³/mol. The number of nitrogens with one attached hydrogen (secondary N) is 1. The molecule has 1 aromatic rings. The third-order valence-electron chi connectivity index (χ3n) is 5.83. The standard InChI is InChI=1S/C24H36F3NO2/c1-16(2)13-14-28-21-8-6-5-7-19(15-22(29)30-17(3)4)23(21)18-9-11-20(12-10-18)24(25,26)27/h9-12,16-17,19,21,23,28H,5-8,13-15H2,1-4H3/t19-,21+,23-/m1/s1. The minimum atomic E-state index is -4.35. The lowest BCUT2D eigenvalue weighted by Gasteiger charge is -2.33. The van der Waals surface area contributed by atoms with Crippen LogP contribution in [0.4, 0.5) is 13.2 Å². The number of rotatable bonds is 8. The van der Waals surface area contributed by atoms with Crippen molar-refractivity contribution in [1.29, 1.82) is 0 Å². The van der Waals surface area contributed by atoms with Gasteiger partial charge >= 0.3 is 12.1 Å². The Labute approximate surface area is 178 Å². The van der Waals surface area contributed by atoms with Gasteiger partial charge < -0.3 is 10.1 Å². The molecule has 0 radical (unpaired) electrons. The molecule has 1 aromatic carbocycles. The van der Waals surface area contributed by atoms with Crippen LogP contribution in [-0.4, -0.2) is 24.7 Å². The molecule has 1 N–H and O–H groups in total. The Morgan fingerprint density at radius 2 is 1.73 bits per heavy atom. The van der Waals surface area contributed by atoms with Gasteiger partial charge in [-0.15, -0.1) is 0 Å². The molecule has 1 aliphatic carbocycles. The predicted octanol–water partition coefficient (Wildman–Crippen LogP) is 6.33. The van der Waals surface area contributed by atoms with Crippen LogP contribution in [0.3, 0.4) is 0 Å². The average Bonchev–Trinajstić information content (AvgIpc) is 2.82. The van der Waals surface area contributed by atoms with Crippen molar-refractivity contribution in [1.82, 2.24) is 5.32 Å². The highest BCUT2D eigenvalue weighted by Gasteiger charge is 2.35. The monoisotopic (exact) mass is 427 g/mol. The normalized spacial score (nSPS) is 22.9. The molecule has 0 amide bonds. The van der Waals surface area contributed by atoms with E-state index in [1.807, 2.05) is 13.8 Å². The van der Waals surface area contributed by atoms with Crippen LogP contribution in [0.25, 0.3) is 0 Å². The molecule has 0 saturated heterocycles. The first-order valence-electron chi connectivity index (χ1n) is 11.2. The number of ether oxygens (including phenoxy) is 1. The van der Waals surface area contributed by atoms with Gasteiger partial charge in [-0.05, 0) is 69.2 Å². The number of benzene rings is 1. The maximum absolute atomic E-state index is 13.0. The van der Waals surface area contributed by atoms with Gasteiger partial charge in [0.1, 0.15) is 0 Å². The Balaban J connectivity index is 2.29. The van der Waals surface area contributed by atoms with Gasteiger partial charge in [0.2, 0.25) is 0 Å². The van der Waals surface area contributed by atoms with Gasteiger partial charge in [0.05, 0.1) is 11.7 Å². The fourth-order valence-electron chi connectivity index (χ4n) is 4.40. The maximum atomic E-state index is 13.0. The Hall–Kier alpha value is -1.56. The van der Waals surface area contributed by atoms with Gasteiger partial charge in [0, 0.05) is 18.4 Å². The number of carbonyl (C=O) groups excluding carboxylic acids is 1. The van der Waals surface area contributed by atoms with Crippen LogP contribution in [0.2, 0.25) is 0 Å². The number of esters is 1. The average molecular weight is 428 g/mol. The molecule has 1 saturated carbocycles. The second-order valence-electron chi connectivity index (χ2n) is 9.18. The summed E-state index contributed by atoms with van der Waals surface area (Å²) in [5, 5.41) is 3.66. The van der Waals surface area contributed by atoms with Gasteiger partial charge in [-0.3, -0.25) is 4.79 Å². The summed E-state index contributed by atoms with van der Waals surface area (Å²) in [4.78, 5) is 12.4. The highest BCUT2D eigenvalue weighted by molar-refractivity contribution is 5.70. The summed E-state index contributed by atoms with van der Waals surface area (Å²) >= 11 is 0. The smallest absolute Gasteiger partial charge is 0.416 e. The van der Waals surface area contributed by atoms with Crippen molar-refractivity contribution < 1.29 is 22.7 Å². The molecule has 0 heterocycles. The number of alkyl halides is 3. The second-order valence-corrected chi connectivity index (χ2v) is 9.18. The topological polar surface area (TPSA) is 38.3 Å². The zero-order valence-corrected chi connectivity index (χ0v) is 18.6. The van der Waals surface area contributed by atoms with Crippen molar-refractivity contribution in [3.63, 3.8) is 0 Å². The number of hydrogen-bond donors (Lipinski definition) is 1. The Bertz CT molecular complexity index is 655. The minimum absolute atomic E-state index is 0.0124. The van der Waals surface area contributed by atoms with Crippen LogP contribution in [-0.2, 0) is 15.7 Å². The summed E-state index contributed by atoms with van der Waals surface area (Å²) in [6.07, 6.45) is 0.708. The summed E-state index contributed by atoms with van der Waals surface area (Å²) in [5.41, 5.74) is 0.231. The third kappa shape index (κ3) is 7.60. The van der Waals surface area contributed by atoms with E-state index in [-0.39, 0.29) is 30.0 Å². The maximum Gasteiger partial charge on any atom is 0.416 e. The Morgan fingerprint density at radius 1 is 1.10 bits per heavy atom. The van der Waals surface area contributed by atoms with Crippen LogP contribution in [0.15, 0.2) is 24.3 Å². The molecule has 0 bridgehead atoms. The molecule has 3 atom stereocenters.